The Hall–Kier alpha value is -3.00. The maximum absolute atomic E-state index is 12.2. The molecule has 2 aromatic carbocycles. The Labute approximate surface area is 149 Å². The summed E-state index contributed by atoms with van der Waals surface area (Å²) < 4.78 is 28.2. The predicted octanol–water partition coefficient (Wildman–Crippen LogP) is 2.24. The van der Waals surface area contributed by atoms with Crippen LogP contribution in [0.25, 0.3) is 10.9 Å². The van der Waals surface area contributed by atoms with Crippen molar-refractivity contribution in [3.05, 3.63) is 70.3 Å². The summed E-state index contributed by atoms with van der Waals surface area (Å²) in [6.07, 6.45) is 0.304. The van der Waals surface area contributed by atoms with E-state index in [-0.39, 0.29) is 21.8 Å². The molecule has 0 amide bonds. The monoisotopic (exact) mass is 372 g/mol. The number of aromatic amines is 1. The number of hydrogen-bond acceptors (Lipinski definition) is 6. The Balaban J connectivity index is 1.82. The largest absolute Gasteiger partial charge is 0.451 e. The molecule has 0 bridgehead atoms. The number of fused-ring (bicyclic) bond motifs is 1. The van der Waals surface area contributed by atoms with Gasteiger partial charge in [-0.15, -0.1) is 0 Å². The zero-order valence-corrected chi connectivity index (χ0v) is 14.9. The van der Waals surface area contributed by atoms with Crippen molar-refractivity contribution in [2.75, 3.05) is 6.26 Å². The van der Waals surface area contributed by atoms with Crippen molar-refractivity contribution in [1.82, 2.24) is 9.97 Å². The van der Waals surface area contributed by atoms with E-state index in [0.717, 1.165) is 6.26 Å². The molecular formula is C18H16N2O5S. The van der Waals surface area contributed by atoms with Crippen LogP contribution in [0.5, 0.6) is 0 Å². The Morgan fingerprint density at radius 1 is 1.12 bits per heavy atom. The van der Waals surface area contributed by atoms with Gasteiger partial charge in [0.05, 0.1) is 21.4 Å². The number of ether oxygens (including phenoxy) is 1. The van der Waals surface area contributed by atoms with Crippen LogP contribution < -0.4 is 5.56 Å². The highest BCUT2D eigenvalue weighted by Gasteiger charge is 2.17. The fourth-order valence-electron chi connectivity index (χ4n) is 2.42. The van der Waals surface area contributed by atoms with Gasteiger partial charge in [0.25, 0.3) is 5.56 Å². The van der Waals surface area contributed by atoms with Gasteiger partial charge >= 0.3 is 5.97 Å². The number of para-hydroxylation sites is 1. The standard InChI is InChI=1S/C18H16N2O5S/c1-11(16-19-15-6-4-3-5-14(15)17(21)20-16)25-18(22)12-7-9-13(10-8-12)26(2,23)24/h3-11H,1-2H3,(H,19,20,21)/t11-/m0/s1. The summed E-state index contributed by atoms with van der Waals surface area (Å²) >= 11 is 0. The van der Waals surface area contributed by atoms with E-state index >= 15 is 0 Å². The number of sulfone groups is 1. The highest BCUT2D eigenvalue weighted by Crippen LogP contribution is 2.17. The van der Waals surface area contributed by atoms with E-state index < -0.39 is 21.9 Å². The normalized spacial score (nSPS) is 12.7. The van der Waals surface area contributed by atoms with E-state index in [4.69, 9.17) is 4.74 Å². The Morgan fingerprint density at radius 2 is 1.77 bits per heavy atom. The fourth-order valence-corrected chi connectivity index (χ4v) is 3.05. The number of hydrogen-bond donors (Lipinski definition) is 1. The summed E-state index contributed by atoms with van der Waals surface area (Å²) in [4.78, 5) is 31.4. The van der Waals surface area contributed by atoms with Crippen molar-refractivity contribution in [2.24, 2.45) is 0 Å². The molecule has 1 aromatic heterocycles. The Kier molecular flexibility index (Phi) is 4.60. The first-order valence-corrected chi connectivity index (χ1v) is 9.65. The van der Waals surface area contributed by atoms with E-state index in [1.165, 1.54) is 24.3 Å². The number of benzene rings is 2. The molecule has 134 valence electrons. The molecule has 1 N–H and O–H groups in total. The SMILES string of the molecule is C[C@H](OC(=O)c1ccc(S(C)(=O)=O)cc1)c1nc2ccccc2c(=O)[nH]1. The van der Waals surface area contributed by atoms with E-state index in [1.807, 2.05) is 0 Å². The molecule has 1 atom stereocenters. The summed E-state index contributed by atoms with van der Waals surface area (Å²) in [6.45, 7) is 1.59. The minimum Gasteiger partial charge on any atom is -0.451 e. The van der Waals surface area contributed by atoms with Crippen molar-refractivity contribution in [3.8, 4) is 0 Å². The maximum Gasteiger partial charge on any atom is 0.338 e. The summed E-state index contributed by atoms with van der Waals surface area (Å²) in [5.74, 6) is -0.414. The highest BCUT2D eigenvalue weighted by atomic mass is 32.2. The predicted molar refractivity (Wildman–Crippen MR) is 95.7 cm³/mol. The van der Waals surface area contributed by atoms with E-state index in [9.17, 15) is 18.0 Å². The summed E-state index contributed by atoms with van der Waals surface area (Å²) in [5, 5.41) is 0.450. The molecule has 0 fully saturated rings. The lowest BCUT2D eigenvalue weighted by Crippen LogP contribution is -2.17. The molecule has 1 heterocycles. The first kappa shape index (κ1) is 17.8. The molecule has 26 heavy (non-hydrogen) atoms. The van der Waals surface area contributed by atoms with Gasteiger partial charge in [-0.25, -0.2) is 18.2 Å². The van der Waals surface area contributed by atoms with Gasteiger partial charge in [0, 0.05) is 6.26 Å². The van der Waals surface area contributed by atoms with Crippen LogP contribution in [0.2, 0.25) is 0 Å². The zero-order chi connectivity index (χ0) is 18.9. The lowest BCUT2D eigenvalue weighted by molar-refractivity contribution is 0.0320. The maximum atomic E-state index is 12.2. The third-order valence-corrected chi connectivity index (χ3v) is 4.95. The van der Waals surface area contributed by atoms with Crippen molar-refractivity contribution in [3.63, 3.8) is 0 Å². The summed E-state index contributed by atoms with van der Waals surface area (Å²) in [5.41, 5.74) is 0.394. The smallest absolute Gasteiger partial charge is 0.338 e. The van der Waals surface area contributed by atoms with Gasteiger partial charge in [0.2, 0.25) is 0 Å². The van der Waals surface area contributed by atoms with Gasteiger partial charge in [-0.1, -0.05) is 12.1 Å². The first-order valence-electron chi connectivity index (χ1n) is 7.76. The average Bonchev–Trinajstić information content (AvgIpc) is 2.61. The average molecular weight is 372 g/mol. The quantitative estimate of drug-likeness (QED) is 0.704. The minimum atomic E-state index is -3.34. The van der Waals surface area contributed by atoms with E-state index in [0.29, 0.717) is 10.9 Å². The molecule has 3 rings (SSSR count). The molecule has 0 unspecified atom stereocenters. The number of carbonyl (C=O) groups excluding carboxylic acids is 1. The Bertz CT molecular complexity index is 1130. The number of rotatable bonds is 4. The molecule has 0 spiro atoms. The number of nitrogens with zero attached hydrogens (tertiary/aromatic N) is 1. The van der Waals surface area contributed by atoms with Gasteiger partial charge in [0.15, 0.2) is 21.8 Å². The molecule has 0 aliphatic heterocycles. The molecular weight excluding hydrogens is 356 g/mol. The lowest BCUT2D eigenvalue weighted by atomic mass is 10.2. The van der Waals surface area contributed by atoms with E-state index in [1.54, 1.807) is 31.2 Å². The number of H-pyrrole nitrogens is 1. The second kappa shape index (κ2) is 6.72. The fraction of sp³-hybridized carbons (Fsp3) is 0.167. The molecule has 8 heteroatoms. The highest BCUT2D eigenvalue weighted by molar-refractivity contribution is 7.90. The van der Waals surface area contributed by atoms with Crippen LogP contribution >= 0.6 is 0 Å². The number of carbonyl (C=O) groups is 1. The molecule has 0 radical (unpaired) electrons. The molecule has 7 nitrogen and oxygen atoms in total. The van der Waals surface area contributed by atoms with Crippen LogP contribution in [0.4, 0.5) is 0 Å². The first-order chi connectivity index (χ1) is 12.3. The minimum absolute atomic E-state index is 0.114. The Morgan fingerprint density at radius 3 is 2.42 bits per heavy atom. The number of nitrogens with one attached hydrogen (secondary N) is 1. The van der Waals surface area contributed by atoms with Crippen LogP contribution in [0.15, 0.2) is 58.2 Å². The van der Waals surface area contributed by atoms with Crippen LogP contribution in [0.1, 0.15) is 29.2 Å². The third-order valence-electron chi connectivity index (χ3n) is 3.82. The van der Waals surface area contributed by atoms with Crippen LogP contribution in [0, 0.1) is 0 Å². The number of aromatic nitrogens is 2. The van der Waals surface area contributed by atoms with Crippen molar-refractivity contribution in [1.29, 1.82) is 0 Å². The molecule has 0 aliphatic carbocycles. The van der Waals surface area contributed by atoms with Gasteiger partial charge in [-0.3, -0.25) is 4.79 Å². The van der Waals surface area contributed by atoms with E-state index in [2.05, 4.69) is 9.97 Å². The molecule has 0 aliphatic rings. The zero-order valence-electron chi connectivity index (χ0n) is 14.1. The van der Waals surface area contributed by atoms with Crippen LogP contribution in [-0.2, 0) is 14.6 Å². The van der Waals surface area contributed by atoms with Crippen LogP contribution in [-0.4, -0.2) is 30.6 Å². The molecule has 0 saturated carbocycles. The van der Waals surface area contributed by atoms with Gasteiger partial charge in [-0.05, 0) is 43.3 Å². The van der Waals surface area contributed by atoms with Gasteiger partial charge < -0.3 is 9.72 Å². The summed E-state index contributed by atoms with van der Waals surface area (Å²) in [6, 6.07) is 12.3. The second-order valence-corrected chi connectivity index (χ2v) is 7.83. The van der Waals surface area contributed by atoms with Gasteiger partial charge in [-0.2, -0.15) is 0 Å². The summed E-state index contributed by atoms with van der Waals surface area (Å²) in [7, 11) is -3.34. The van der Waals surface area contributed by atoms with Crippen molar-refractivity contribution >= 4 is 26.7 Å². The lowest BCUT2D eigenvalue weighted by Gasteiger charge is -2.13. The third kappa shape index (κ3) is 3.65. The second-order valence-electron chi connectivity index (χ2n) is 5.81. The number of esters is 1. The van der Waals surface area contributed by atoms with Crippen molar-refractivity contribution in [2.45, 2.75) is 17.9 Å². The topological polar surface area (TPSA) is 106 Å². The molecule has 0 saturated heterocycles. The van der Waals surface area contributed by atoms with Crippen LogP contribution in [0.3, 0.4) is 0 Å². The van der Waals surface area contributed by atoms with Crippen molar-refractivity contribution < 1.29 is 17.9 Å². The molecule has 3 aromatic rings. The van der Waals surface area contributed by atoms with Gasteiger partial charge in [0.1, 0.15) is 0 Å².